The van der Waals surface area contributed by atoms with E-state index in [2.05, 4.69) is 47.5 Å². The maximum absolute atomic E-state index is 12.1. The molecule has 3 aromatic rings. The van der Waals surface area contributed by atoms with Gasteiger partial charge in [0.1, 0.15) is 0 Å². The quantitative estimate of drug-likeness (QED) is 0.174. The van der Waals surface area contributed by atoms with E-state index in [1.807, 2.05) is 36.4 Å². The van der Waals surface area contributed by atoms with Crippen LogP contribution in [0.4, 0.5) is 0 Å². The molecule has 0 aliphatic rings. The highest BCUT2D eigenvalue weighted by atomic mass is 32.2. The number of aliphatic imine (C=N–C) groups is 2. The molecule has 0 saturated heterocycles. The molecule has 4 nitrogen and oxygen atoms in total. The fraction of sp³-hybridized carbons (Fsp3) is 0.154. The number of nitrogens with zero attached hydrogens (tertiary/aromatic N) is 2. The first-order valence-electron chi connectivity index (χ1n) is 10.4. The summed E-state index contributed by atoms with van der Waals surface area (Å²) >= 11 is 6.31. The molecule has 174 valence electrons. The van der Waals surface area contributed by atoms with E-state index in [0.717, 1.165) is 29.3 Å². The van der Waals surface area contributed by atoms with Crippen LogP contribution in [-0.4, -0.2) is 49.1 Å². The van der Waals surface area contributed by atoms with Gasteiger partial charge in [0, 0.05) is 35.6 Å². The summed E-state index contributed by atoms with van der Waals surface area (Å²) in [6.45, 7) is 7.45. The van der Waals surface area contributed by atoms with E-state index in [4.69, 9.17) is 0 Å². The van der Waals surface area contributed by atoms with E-state index in [1.54, 1.807) is 35.4 Å². The number of hydrogen-bond acceptors (Lipinski definition) is 8. The molecule has 0 amide bonds. The summed E-state index contributed by atoms with van der Waals surface area (Å²) in [4.78, 5) is 38.1. The van der Waals surface area contributed by atoms with Crippen LogP contribution < -0.4 is 0 Å². The summed E-state index contributed by atoms with van der Waals surface area (Å²) in [5.74, 6) is 0.980. The van der Waals surface area contributed by atoms with E-state index in [-0.39, 0.29) is 24.7 Å². The van der Waals surface area contributed by atoms with Crippen molar-refractivity contribution in [3.05, 3.63) is 77.0 Å². The van der Waals surface area contributed by atoms with Crippen molar-refractivity contribution in [1.29, 1.82) is 0 Å². The largest absolute Gasteiger partial charge is 0.297 e. The second-order valence-corrected chi connectivity index (χ2v) is 11.4. The van der Waals surface area contributed by atoms with Crippen molar-refractivity contribution in [2.45, 2.75) is 19.6 Å². The molecular weight excluding hydrogens is 501 g/mol. The minimum Gasteiger partial charge on any atom is -0.297 e. The smallest absolute Gasteiger partial charge is 0.164 e. The zero-order valence-corrected chi connectivity index (χ0v) is 21.8. The van der Waals surface area contributed by atoms with Crippen LogP contribution in [-0.2, 0) is 9.59 Å². The molecule has 0 N–H and O–H groups in total. The Morgan fingerprint density at radius 2 is 1.26 bits per heavy atom. The first-order valence-corrected chi connectivity index (χ1v) is 14.0. The fourth-order valence-electron chi connectivity index (χ4n) is 2.67. The van der Waals surface area contributed by atoms with Gasteiger partial charge in [-0.3, -0.25) is 19.6 Å². The molecule has 0 spiro atoms. The summed E-state index contributed by atoms with van der Waals surface area (Å²) in [5, 5.41) is 0. The SMILES string of the molecule is C=Cc1ccc(C=NCC(=O)CSc2ccc(Sc3ccc(SCC(=O)CN=C)cc3)cc2)s1. The van der Waals surface area contributed by atoms with Gasteiger partial charge in [-0.15, -0.1) is 34.9 Å². The monoisotopic (exact) mass is 524 g/mol. The predicted molar refractivity (Wildman–Crippen MR) is 150 cm³/mol. The molecule has 2 aromatic carbocycles. The van der Waals surface area contributed by atoms with Gasteiger partial charge in [0.2, 0.25) is 0 Å². The zero-order valence-electron chi connectivity index (χ0n) is 18.5. The second-order valence-electron chi connectivity index (χ2n) is 7.00. The Labute approximate surface area is 217 Å². The number of Topliss-reactive ketones (excluding diaryl/α,β-unsaturated/α-hetero) is 2. The summed E-state index contributed by atoms with van der Waals surface area (Å²) in [7, 11) is 0. The minimum atomic E-state index is 0.0755. The van der Waals surface area contributed by atoms with Crippen LogP contribution in [0.1, 0.15) is 9.75 Å². The topological polar surface area (TPSA) is 58.9 Å². The van der Waals surface area contributed by atoms with E-state index >= 15 is 0 Å². The molecule has 0 radical (unpaired) electrons. The van der Waals surface area contributed by atoms with E-state index < -0.39 is 0 Å². The molecule has 1 aromatic heterocycles. The van der Waals surface area contributed by atoms with Gasteiger partial charge in [-0.25, -0.2) is 0 Å². The first-order chi connectivity index (χ1) is 16.6. The number of benzene rings is 2. The van der Waals surface area contributed by atoms with Crippen molar-refractivity contribution >= 4 is 77.2 Å². The lowest BCUT2D eigenvalue weighted by Gasteiger charge is -2.05. The molecule has 3 rings (SSSR count). The Morgan fingerprint density at radius 1 is 0.765 bits per heavy atom. The van der Waals surface area contributed by atoms with Crippen LogP contribution in [0.2, 0.25) is 0 Å². The highest BCUT2D eigenvalue weighted by molar-refractivity contribution is 8.00. The number of rotatable bonds is 14. The fourth-order valence-corrected chi connectivity index (χ4v) is 5.74. The zero-order chi connectivity index (χ0) is 24.2. The number of thiophene rings is 1. The highest BCUT2D eigenvalue weighted by Gasteiger charge is 2.05. The van der Waals surface area contributed by atoms with Crippen molar-refractivity contribution < 1.29 is 9.59 Å². The van der Waals surface area contributed by atoms with E-state index in [9.17, 15) is 9.59 Å². The van der Waals surface area contributed by atoms with Crippen molar-refractivity contribution in [2.24, 2.45) is 9.98 Å². The molecule has 1 heterocycles. The third-order valence-corrected chi connectivity index (χ3v) is 8.48. The van der Waals surface area contributed by atoms with Gasteiger partial charge in [0.05, 0.1) is 24.6 Å². The lowest BCUT2D eigenvalue weighted by atomic mass is 10.4. The predicted octanol–water partition coefficient (Wildman–Crippen LogP) is 6.68. The highest BCUT2D eigenvalue weighted by Crippen LogP contribution is 2.31. The van der Waals surface area contributed by atoms with Gasteiger partial charge in [-0.1, -0.05) is 24.4 Å². The summed E-state index contributed by atoms with van der Waals surface area (Å²) in [6, 6.07) is 20.3. The molecule has 0 aliphatic carbocycles. The molecule has 0 bridgehead atoms. The van der Waals surface area contributed by atoms with Crippen molar-refractivity contribution in [3.63, 3.8) is 0 Å². The van der Waals surface area contributed by atoms with Crippen LogP contribution in [0.3, 0.4) is 0 Å². The van der Waals surface area contributed by atoms with Crippen LogP contribution in [0, 0.1) is 0 Å². The Kier molecular flexibility index (Phi) is 10.9. The molecule has 0 atom stereocenters. The molecule has 0 aliphatic heterocycles. The Hall–Kier alpha value is -2.39. The van der Waals surface area contributed by atoms with Crippen LogP contribution in [0.5, 0.6) is 0 Å². The summed E-state index contributed by atoms with van der Waals surface area (Å²) in [5.41, 5.74) is 0. The Morgan fingerprint density at radius 3 is 1.76 bits per heavy atom. The molecular formula is C26H24N2O2S4. The maximum Gasteiger partial charge on any atom is 0.164 e. The third kappa shape index (κ3) is 9.10. The summed E-state index contributed by atoms with van der Waals surface area (Å²) < 4.78 is 0. The molecule has 8 heteroatoms. The second kappa shape index (κ2) is 14.1. The first kappa shape index (κ1) is 26.2. The summed E-state index contributed by atoms with van der Waals surface area (Å²) in [6.07, 6.45) is 3.55. The van der Waals surface area contributed by atoms with Crippen LogP contribution in [0.15, 0.2) is 96.8 Å². The van der Waals surface area contributed by atoms with Gasteiger partial charge in [0.15, 0.2) is 11.6 Å². The van der Waals surface area contributed by atoms with Gasteiger partial charge in [-0.05, 0) is 67.4 Å². The van der Waals surface area contributed by atoms with E-state index in [0.29, 0.717) is 11.5 Å². The average Bonchev–Trinajstić information content (AvgIpc) is 3.31. The third-order valence-electron chi connectivity index (χ3n) is 4.31. The van der Waals surface area contributed by atoms with Crippen LogP contribution in [0.25, 0.3) is 6.08 Å². The lowest BCUT2D eigenvalue weighted by Crippen LogP contribution is -2.05. The van der Waals surface area contributed by atoms with E-state index in [1.165, 1.54) is 23.5 Å². The average molecular weight is 525 g/mol. The van der Waals surface area contributed by atoms with Crippen molar-refractivity contribution in [2.75, 3.05) is 24.6 Å². The Balaban J connectivity index is 1.41. The molecule has 0 fully saturated rings. The number of carbonyl (C=O) groups excluding carboxylic acids is 2. The molecule has 0 saturated carbocycles. The van der Waals surface area contributed by atoms with Gasteiger partial charge in [0.25, 0.3) is 0 Å². The van der Waals surface area contributed by atoms with Gasteiger partial charge >= 0.3 is 0 Å². The Bertz CT molecular complexity index is 1150. The number of ketones is 2. The number of carbonyl (C=O) groups is 2. The number of hydrogen-bond donors (Lipinski definition) is 0. The standard InChI is InChI=1S/C26H24N2O2S4/c1-3-21-4-13-26(33-21)16-28-15-20(30)18-32-23-7-11-25(12-8-23)34-24-9-5-22(6-10-24)31-17-19(29)14-27-2/h3-13,16H,1-2,14-15,17-18H2. The number of thioether (sulfide) groups is 2. The lowest BCUT2D eigenvalue weighted by molar-refractivity contribution is -0.116. The minimum absolute atomic E-state index is 0.0755. The molecule has 34 heavy (non-hydrogen) atoms. The normalized spacial score (nSPS) is 10.9. The maximum atomic E-state index is 12.1. The van der Waals surface area contributed by atoms with Crippen molar-refractivity contribution in [3.8, 4) is 0 Å². The molecule has 0 unspecified atom stereocenters. The van der Waals surface area contributed by atoms with Gasteiger partial charge < -0.3 is 0 Å². The van der Waals surface area contributed by atoms with Crippen LogP contribution >= 0.6 is 46.6 Å². The van der Waals surface area contributed by atoms with Gasteiger partial charge in [-0.2, -0.15) is 0 Å². The van der Waals surface area contributed by atoms with Crippen molar-refractivity contribution in [1.82, 2.24) is 0 Å².